The van der Waals surface area contributed by atoms with E-state index in [2.05, 4.69) is 30.3 Å². The number of nitrogens with one attached hydrogen (secondary N) is 1. The summed E-state index contributed by atoms with van der Waals surface area (Å²) < 4.78 is 35.8. The fourth-order valence-corrected chi connectivity index (χ4v) is 3.68. The van der Waals surface area contributed by atoms with Gasteiger partial charge in [-0.05, 0) is 12.5 Å². The lowest BCUT2D eigenvalue weighted by Gasteiger charge is -2.04. The number of hydrogen-bond acceptors (Lipinski definition) is 8. The van der Waals surface area contributed by atoms with Gasteiger partial charge in [0, 0.05) is 13.1 Å². The lowest BCUT2D eigenvalue weighted by atomic mass is 10.2. The minimum Gasteiger partial charge on any atom is -0.340 e. The summed E-state index contributed by atoms with van der Waals surface area (Å²) in [5.74, 6) is 0.985. The predicted octanol–water partition coefficient (Wildman–Crippen LogP) is 1.37. The topological polar surface area (TPSA) is 134 Å². The van der Waals surface area contributed by atoms with E-state index in [1.165, 1.54) is 17.1 Å². The van der Waals surface area contributed by atoms with Crippen LogP contribution in [0.15, 0.2) is 52.1 Å². The van der Waals surface area contributed by atoms with Gasteiger partial charge in [-0.3, -0.25) is 9.40 Å². The van der Waals surface area contributed by atoms with Gasteiger partial charge in [-0.15, -0.1) is 5.10 Å². The Morgan fingerprint density at radius 3 is 2.66 bits per heavy atom. The zero-order chi connectivity index (χ0) is 20.4. The molecule has 3 aromatic heterocycles. The summed E-state index contributed by atoms with van der Waals surface area (Å²) in [4.78, 5) is 4.14. The average molecular weight is 414 g/mol. The maximum Gasteiger partial charge on any atom is 0.266 e. The van der Waals surface area contributed by atoms with E-state index in [4.69, 9.17) is 4.52 Å². The first-order valence-corrected chi connectivity index (χ1v) is 10.2. The van der Waals surface area contributed by atoms with Crippen LogP contribution in [0.2, 0.25) is 0 Å². The molecule has 0 unspecified atom stereocenters. The maximum absolute atomic E-state index is 12.7. The first-order chi connectivity index (χ1) is 13.9. The Morgan fingerprint density at radius 1 is 1.14 bits per heavy atom. The first-order valence-electron chi connectivity index (χ1n) is 8.69. The van der Waals surface area contributed by atoms with Crippen molar-refractivity contribution in [3.63, 3.8) is 0 Å². The molecule has 4 aromatic rings. The van der Waals surface area contributed by atoms with Crippen LogP contribution in [0.25, 0.3) is 0 Å². The van der Waals surface area contributed by atoms with Gasteiger partial charge in [0.1, 0.15) is 11.4 Å². The minimum absolute atomic E-state index is 0.0381. The van der Waals surface area contributed by atoms with E-state index in [9.17, 15) is 8.42 Å². The molecule has 11 nitrogen and oxygen atoms in total. The molecule has 12 heteroatoms. The Labute approximate surface area is 166 Å². The molecule has 1 N–H and O–H groups in total. The van der Waals surface area contributed by atoms with Gasteiger partial charge >= 0.3 is 0 Å². The molecule has 0 aliphatic heterocycles. The third-order valence-electron chi connectivity index (χ3n) is 4.18. The number of hydrogen-bond donors (Lipinski definition) is 1. The van der Waals surface area contributed by atoms with Crippen LogP contribution in [0.4, 0.5) is 5.82 Å². The zero-order valence-electron chi connectivity index (χ0n) is 15.7. The lowest BCUT2D eigenvalue weighted by Crippen LogP contribution is -2.14. The molecule has 0 aliphatic carbocycles. The summed E-state index contributed by atoms with van der Waals surface area (Å²) >= 11 is 0. The maximum atomic E-state index is 12.7. The second-order valence-corrected chi connectivity index (χ2v) is 8.06. The van der Waals surface area contributed by atoms with Crippen molar-refractivity contribution in [2.24, 2.45) is 0 Å². The van der Waals surface area contributed by atoms with Crippen molar-refractivity contribution < 1.29 is 12.9 Å². The molecular formula is C17H18N8O3S. The Hall–Kier alpha value is -3.54. The van der Waals surface area contributed by atoms with E-state index in [1.54, 1.807) is 18.5 Å². The molecule has 150 valence electrons. The Morgan fingerprint density at radius 2 is 1.93 bits per heavy atom. The highest BCUT2D eigenvalue weighted by molar-refractivity contribution is 7.92. The van der Waals surface area contributed by atoms with E-state index in [1.807, 2.05) is 30.3 Å². The van der Waals surface area contributed by atoms with Crippen molar-refractivity contribution in [2.75, 3.05) is 4.72 Å². The second kappa shape index (κ2) is 7.47. The van der Waals surface area contributed by atoms with Gasteiger partial charge in [0.25, 0.3) is 10.0 Å². The smallest absolute Gasteiger partial charge is 0.266 e. The van der Waals surface area contributed by atoms with Crippen LogP contribution in [0.3, 0.4) is 0 Å². The second-order valence-electron chi connectivity index (χ2n) is 6.38. The van der Waals surface area contributed by atoms with Gasteiger partial charge in [0.05, 0.1) is 18.4 Å². The summed E-state index contributed by atoms with van der Waals surface area (Å²) in [7, 11) is -3.86. The first kappa shape index (κ1) is 18.8. The molecule has 0 saturated carbocycles. The Bertz CT molecular complexity index is 1230. The monoisotopic (exact) mass is 414 g/mol. The normalized spacial score (nSPS) is 11.7. The predicted molar refractivity (Wildman–Crippen MR) is 101 cm³/mol. The van der Waals surface area contributed by atoms with Gasteiger partial charge in [-0.1, -0.05) is 40.7 Å². The van der Waals surface area contributed by atoms with E-state index in [0.29, 0.717) is 24.0 Å². The molecule has 0 aliphatic rings. The lowest BCUT2D eigenvalue weighted by molar-refractivity contribution is 0.384. The summed E-state index contributed by atoms with van der Waals surface area (Å²) in [5, 5.41) is 15.8. The highest BCUT2D eigenvalue weighted by atomic mass is 32.2. The molecule has 3 heterocycles. The minimum atomic E-state index is -3.86. The van der Waals surface area contributed by atoms with Crippen molar-refractivity contribution in [1.82, 2.24) is 34.9 Å². The van der Waals surface area contributed by atoms with Crippen LogP contribution >= 0.6 is 0 Å². The third-order valence-corrected chi connectivity index (χ3v) is 5.48. The summed E-state index contributed by atoms with van der Waals surface area (Å²) in [6.45, 7) is 4.06. The molecular weight excluding hydrogens is 396 g/mol. The highest BCUT2D eigenvalue weighted by Crippen LogP contribution is 2.17. The van der Waals surface area contributed by atoms with Crippen LogP contribution in [0, 0.1) is 13.8 Å². The standard InChI is InChI=1S/C17H18N8O3S/c1-12-17(20-23-25(12)11-16-19-13(2)28-21-16)22-29(26,27)15-8-18-24(10-15)9-14-6-4-3-5-7-14/h3-8,10,22H,9,11H2,1-2H3. The van der Waals surface area contributed by atoms with E-state index < -0.39 is 10.0 Å². The van der Waals surface area contributed by atoms with E-state index in [-0.39, 0.29) is 17.3 Å². The largest absolute Gasteiger partial charge is 0.340 e. The van der Waals surface area contributed by atoms with Gasteiger partial charge in [0.2, 0.25) is 5.89 Å². The number of rotatable bonds is 7. The summed E-state index contributed by atoms with van der Waals surface area (Å²) in [6.07, 6.45) is 2.77. The molecule has 0 spiro atoms. The van der Waals surface area contributed by atoms with Crippen molar-refractivity contribution in [3.05, 3.63) is 65.7 Å². The van der Waals surface area contributed by atoms with Crippen LogP contribution in [-0.2, 0) is 23.1 Å². The fraction of sp³-hybridized carbons (Fsp3) is 0.235. The molecule has 0 bridgehead atoms. The van der Waals surface area contributed by atoms with Gasteiger partial charge < -0.3 is 4.52 Å². The fourth-order valence-electron chi connectivity index (χ4n) is 2.67. The number of nitrogens with zero attached hydrogens (tertiary/aromatic N) is 7. The number of aryl methyl sites for hydroxylation is 1. The van der Waals surface area contributed by atoms with Crippen LogP contribution in [-0.4, -0.2) is 43.3 Å². The van der Waals surface area contributed by atoms with Crippen LogP contribution in [0.5, 0.6) is 0 Å². The number of benzene rings is 1. The molecule has 0 atom stereocenters. The van der Waals surface area contributed by atoms with Crippen molar-refractivity contribution in [1.29, 1.82) is 0 Å². The summed E-state index contributed by atoms with van der Waals surface area (Å²) in [6, 6.07) is 9.64. The van der Waals surface area contributed by atoms with Crippen LogP contribution in [0.1, 0.15) is 23.0 Å². The molecule has 4 rings (SSSR count). The average Bonchev–Trinajstić information content (AvgIpc) is 3.40. The van der Waals surface area contributed by atoms with Crippen LogP contribution < -0.4 is 4.72 Å². The SMILES string of the molecule is Cc1nc(Cn2nnc(NS(=O)(=O)c3cnn(Cc4ccccc4)c3)c2C)no1. The van der Waals surface area contributed by atoms with Crippen molar-refractivity contribution >= 4 is 15.8 Å². The molecule has 29 heavy (non-hydrogen) atoms. The Balaban J connectivity index is 1.49. The zero-order valence-corrected chi connectivity index (χ0v) is 16.5. The van der Waals surface area contributed by atoms with E-state index >= 15 is 0 Å². The van der Waals surface area contributed by atoms with Gasteiger partial charge in [0.15, 0.2) is 11.6 Å². The highest BCUT2D eigenvalue weighted by Gasteiger charge is 2.21. The molecule has 1 aromatic carbocycles. The van der Waals surface area contributed by atoms with Crippen molar-refractivity contribution in [3.8, 4) is 0 Å². The van der Waals surface area contributed by atoms with Gasteiger partial charge in [-0.2, -0.15) is 10.1 Å². The Kier molecular flexibility index (Phi) is 4.84. The quantitative estimate of drug-likeness (QED) is 0.479. The summed E-state index contributed by atoms with van der Waals surface area (Å²) in [5.41, 5.74) is 1.54. The number of sulfonamides is 1. The van der Waals surface area contributed by atoms with Crippen molar-refractivity contribution in [2.45, 2.75) is 31.8 Å². The molecule has 0 saturated heterocycles. The van der Waals surface area contributed by atoms with Gasteiger partial charge in [-0.25, -0.2) is 13.1 Å². The van der Waals surface area contributed by atoms with E-state index in [0.717, 1.165) is 5.56 Å². The molecule has 0 radical (unpaired) electrons. The number of anilines is 1. The number of aromatic nitrogens is 7. The molecule has 0 amide bonds. The third kappa shape index (κ3) is 4.16. The molecule has 0 fully saturated rings.